The largest absolute Gasteiger partial charge is 0.376 e. The van der Waals surface area contributed by atoms with Crippen LogP contribution in [0.3, 0.4) is 0 Å². The highest BCUT2D eigenvalue weighted by Gasteiger charge is 2.25. The molecule has 1 aliphatic heterocycles. The van der Waals surface area contributed by atoms with Gasteiger partial charge in [-0.2, -0.15) is 5.26 Å². The van der Waals surface area contributed by atoms with Crippen LogP contribution in [-0.2, 0) is 9.53 Å². The number of nitriles is 1. The number of rotatable bonds is 3. The second kappa shape index (κ2) is 6.51. The van der Waals surface area contributed by atoms with Crippen LogP contribution in [0.5, 0.6) is 0 Å². The first kappa shape index (κ1) is 14.5. The fourth-order valence-electron chi connectivity index (χ4n) is 2.24. The molecular formula is C15H19N3O2. The van der Waals surface area contributed by atoms with Crippen molar-refractivity contribution in [3.8, 4) is 6.07 Å². The molecule has 1 amide bonds. The number of nitrogens with one attached hydrogen (secondary N) is 1. The number of hydrogen-bond donors (Lipinski definition) is 1. The number of carbonyl (C=O) groups is 1. The van der Waals surface area contributed by atoms with E-state index in [2.05, 4.69) is 16.3 Å². The van der Waals surface area contributed by atoms with E-state index in [1.165, 1.54) is 0 Å². The molecule has 1 heterocycles. The average molecular weight is 273 g/mol. The van der Waals surface area contributed by atoms with Crippen LogP contribution in [0.25, 0.3) is 0 Å². The summed E-state index contributed by atoms with van der Waals surface area (Å²) >= 11 is 0. The van der Waals surface area contributed by atoms with Crippen molar-refractivity contribution in [1.82, 2.24) is 4.90 Å². The molecule has 1 N–H and O–H groups in total. The molecule has 1 aromatic carbocycles. The molecule has 1 aromatic rings. The van der Waals surface area contributed by atoms with Crippen molar-refractivity contribution in [3.63, 3.8) is 0 Å². The summed E-state index contributed by atoms with van der Waals surface area (Å²) in [6.45, 7) is 6.11. The fraction of sp³-hybridized carbons (Fsp3) is 0.467. The van der Waals surface area contributed by atoms with E-state index in [9.17, 15) is 4.79 Å². The molecule has 0 saturated carbocycles. The zero-order valence-corrected chi connectivity index (χ0v) is 11.8. The lowest BCUT2D eigenvalue weighted by molar-refractivity contribution is -0.123. The molecule has 0 aliphatic carbocycles. The molecule has 2 unspecified atom stereocenters. The molecule has 0 spiro atoms. The van der Waals surface area contributed by atoms with E-state index in [0.717, 1.165) is 13.1 Å². The second-order valence-electron chi connectivity index (χ2n) is 5.03. The van der Waals surface area contributed by atoms with E-state index in [-0.39, 0.29) is 18.1 Å². The maximum Gasteiger partial charge on any atom is 0.241 e. The molecular weight excluding hydrogens is 254 g/mol. The first-order valence-corrected chi connectivity index (χ1v) is 6.77. The van der Waals surface area contributed by atoms with Gasteiger partial charge >= 0.3 is 0 Å². The van der Waals surface area contributed by atoms with Gasteiger partial charge in [-0.05, 0) is 38.1 Å². The molecule has 20 heavy (non-hydrogen) atoms. The van der Waals surface area contributed by atoms with Gasteiger partial charge in [0.25, 0.3) is 0 Å². The predicted octanol–water partition coefficient (Wildman–Crippen LogP) is 1.61. The van der Waals surface area contributed by atoms with E-state index in [1.807, 2.05) is 13.8 Å². The molecule has 1 aliphatic rings. The van der Waals surface area contributed by atoms with Gasteiger partial charge in [0.2, 0.25) is 5.91 Å². The first-order valence-electron chi connectivity index (χ1n) is 6.77. The lowest BCUT2D eigenvalue weighted by Gasteiger charge is -2.34. The van der Waals surface area contributed by atoms with E-state index in [4.69, 9.17) is 10.00 Å². The smallest absolute Gasteiger partial charge is 0.241 e. The second-order valence-corrected chi connectivity index (χ2v) is 5.03. The topological polar surface area (TPSA) is 65.4 Å². The normalized spacial score (nSPS) is 20.9. The van der Waals surface area contributed by atoms with Crippen molar-refractivity contribution < 1.29 is 9.53 Å². The van der Waals surface area contributed by atoms with E-state index in [1.54, 1.807) is 24.3 Å². The van der Waals surface area contributed by atoms with Crippen LogP contribution in [0.1, 0.15) is 19.4 Å². The maximum absolute atomic E-state index is 12.2. The van der Waals surface area contributed by atoms with Gasteiger partial charge < -0.3 is 10.1 Å². The standard InChI is InChI=1S/C15H19N3O2/c1-11-10-18(7-8-20-11)12(2)15(19)17-14-5-3-13(9-16)4-6-14/h3-6,11-12H,7-8,10H2,1-2H3,(H,17,19). The molecule has 2 rings (SSSR count). The highest BCUT2D eigenvalue weighted by atomic mass is 16.5. The summed E-state index contributed by atoms with van der Waals surface area (Å²) in [4.78, 5) is 14.3. The molecule has 0 bridgehead atoms. The summed E-state index contributed by atoms with van der Waals surface area (Å²) in [7, 11) is 0. The van der Waals surface area contributed by atoms with Gasteiger partial charge in [0, 0.05) is 18.8 Å². The van der Waals surface area contributed by atoms with Crippen LogP contribution in [0.2, 0.25) is 0 Å². The molecule has 0 radical (unpaired) electrons. The minimum absolute atomic E-state index is 0.0381. The third-order valence-electron chi connectivity index (χ3n) is 3.48. The molecule has 1 fully saturated rings. The van der Waals surface area contributed by atoms with Crippen LogP contribution in [0, 0.1) is 11.3 Å². The summed E-state index contributed by atoms with van der Waals surface area (Å²) in [5.41, 5.74) is 1.29. The summed E-state index contributed by atoms with van der Waals surface area (Å²) < 4.78 is 5.48. The van der Waals surface area contributed by atoms with Gasteiger partial charge in [-0.25, -0.2) is 0 Å². The third kappa shape index (κ3) is 3.56. The average Bonchev–Trinajstić information content (AvgIpc) is 2.47. The van der Waals surface area contributed by atoms with E-state index >= 15 is 0 Å². The van der Waals surface area contributed by atoms with Crippen LogP contribution in [0.15, 0.2) is 24.3 Å². The fourth-order valence-corrected chi connectivity index (χ4v) is 2.24. The van der Waals surface area contributed by atoms with Crippen LogP contribution in [-0.4, -0.2) is 42.6 Å². The van der Waals surface area contributed by atoms with Gasteiger partial charge in [-0.15, -0.1) is 0 Å². The number of amides is 1. The molecule has 2 atom stereocenters. The zero-order chi connectivity index (χ0) is 14.5. The van der Waals surface area contributed by atoms with Crippen molar-refractivity contribution >= 4 is 11.6 Å². The Labute approximate surface area is 119 Å². The molecule has 5 nitrogen and oxygen atoms in total. The van der Waals surface area contributed by atoms with Crippen LogP contribution < -0.4 is 5.32 Å². The summed E-state index contributed by atoms with van der Waals surface area (Å²) in [5, 5.41) is 11.6. The Kier molecular flexibility index (Phi) is 4.72. The van der Waals surface area contributed by atoms with Crippen molar-refractivity contribution in [2.45, 2.75) is 26.0 Å². The number of benzene rings is 1. The lowest BCUT2D eigenvalue weighted by atomic mass is 10.2. The monoisotopic (exact) mass is 273 g/mol. The predicted molar refractivity (Wildman–Crippen MR) is 76.2 cm³/mol. The van der Waals surface area contributed by atoms with Gasteiger partial charge in [0.15, 0.2) is 0 Å². The van der Waals surface area contributed by atoms with Crippen molar-refractivity contribution in [2.24, 2.45) is 0 Å². The first-order chi connectivity index (χ1) is 9.60. The number of ether oxygens (including phenoxy) is 1. The Hall–Kier alpha value is -1.90. The third-order valence-corrected chi connectivity index (χ3v) is 3.48. The maximum atomic E-state index is 12.2. The SMILES string of the molecule is CC1CN(C(C)C(=O)Nc2ccc(C#N)cc2)CCO1. The van der Waals surface area contributed by atoms with Crippen LogP contribution in [0.4, 0.5) is 5.69 Å². The van der Waals surface area contributed by atoms with Crippen molar-refractivity contribution in [3.05, 3.63) is 29.8 Å². The molecule has 1 saturated heterocycles. The minimum Gasteiger partial charge on any atom is -0.376 e. The number of carbonyl (C=O) groups excluding carboxylic acids is 1. The Balaban J connectivity index is 1.94. The highest BCUT2D eigenvalue weighted by Crippen LogP contribution is 2.13. The summed E-state index contributed by atoms with van der Waals surface area (Å²) in [5.74, 6) is -0.0381. The number of anilines is 1. The highest BCUT2D eigenvalue weighted by molar-refractivity contribution is 5.94. The van der Waals surface area contributed by atoms with Gasteiger partial charge in [0.1, 0.15) is 0 Å². The Bertz CT molecular complexity index is 507. The van der Waals surface area contributed by atoms with Gasteiger partial charge in [-0.3, -0.25) is 9.69 Å². The van der Waals surface area contributed by atoms with Gasteiger partial charge in [-0.1, -0.05) is 0 Å². The molecule has 0 aromatic heterocycles. The number of morpholine rings is 1. The Morgan fingerprint density at radius 1 is 1.50 bits per heavy atom. The number of hydrogen-bond acceptors (Lipinski definition) is 4. The molecule has 5 heteroatoms. The lowest BCUT2D eigenvalue weighted by Crippen LogP contribution is -2.50. The Morgan fingerprint density at radius 3 is 2.80 bits per heavy atom. The number of nitrogens with zero attached hydrogens (tertiary/aromatic N) is 2. The van der Waals surface area contributed by atoms with Crippen molar-refractivity contribution in [2.75, 3.05) is 25.0 Å². The molecule has 106 valence electrons. The van der Waals surface area contributed by atoms with Crippen molar-refractivity contribution in [1.29, 1.82) is 5.26 Å². The van der Waals surface area contributed by atoms with E-state index < -0.39 is 0 Å². The minimum atomic E-state index is -0.197. The van der Waals surface area contributed by atoms with Gasteiger partial charge in [0.05, 0.1) is 30.4 Å². The summed E-state index contributed by atoms with van der Waals surface area (Å²) in [6, 6.07) is 8.72. The zero-order valence-electron chi connectivity index (χ0n) is 11.8. The van der Waals surface area contributed by atoms with E-state index in [0.29, 0.717) is 17.9 Å². The summed E-state index contributed by atoms with van der Waals surface area (Å²) in [6.07, 6.45) is 0.161. The van der Waals surface area contributed by atoms with Crippen LogP contribution >= 0.6 is 0 Å². The quantitative estimate of drug-likeness (QED) is 0.908. The Morgan fingerprint density at radius 2 is 2.20 bits per heavy atom.